The first-order valence-corrected chi connectivity index (χ1v) is 32.8. The van der Waals surface area contributed by atoms with E-state index in [0.29, 0.717) is 19.3 Å². The highest BCUT2D eigenvalue weighted by molar-refractivity contribution is 5.71. The molecule has 1 unspecified atom stereocenters. The standard InChI is InChI=1S/C69H124O6/c1-4-7-10-13-16-19-21-23-25-27-29-30-31-32-33-34-35-36-37-38-40-41-43-45-47-50-53-56-59-62-68(71)74-65-66(64-73-67(70)61-58-55-52-49-18-15-12-9-6-3)75-69(72)63-60-57-54-51-48-46-44-42-39-28-26-24-22-20-17-14-11-8-5-2/h8,11,17,20,24,26-27,29,39,42,66H,4-7,9-10,12-16,18-19,21-23,25,28,30-38,40-41,43-65H2,1-3H3/b11-8-,20-17-,26-24-,29-27-,42-39-. The Balaban J connectivity index is 4.13. The van der Waals surface area contributed by atoms with Crippen LogP contribution in [0.3, 0.4) is 0 Å². The summed E-state index contributed by atoms with van der Waals surface area (Å²) in [6.45, 7) is 6.54. The van der Waals surface area contributed by atoms with Crippen LogP contribution in [-0.4, -0.2) is 37.2 Å². The van der Waals surface area contributed by atoms with Crippen molar-refractivity contribution in [3.8, 4) is 0 Å². The van der Waals surface area contributed by atoms with Crippen LogP contribution in [0.25, 0.3) is 0 Å². The lowest BCUT2D eigenvalue weighted by Gasteiger charge is -2.18. The fourth-order valence-electron chi connectivity index (χ4n) is 9.61. The van der Waals surface area contributed by atoms with Gasteiger partial charge in [0.15, 0.2) is 6.10 Å². The summed E-state index contributed by atoms with van der Waals surface area (Å²) in [5.41, 5.74) is 0. The molecule has 0 fully saturated rings. The molecule has 6 nitrogen and oxygen atoms in total. The van der Waals surface area contributed by atoms with E-state index in [4.69, 9.17) is 14.2 Å². The van der Waals surface area contributed by atoms with E-state index < -0.39 is 6.10 Å². The summed E-state index contributed by atoms with van der Waals surface area (Å²) in [5.74, 6) is -0.876. The summed E-state index contributed by atoms with van der Waals surface area (Å²) in [5, 5.41) is 0. The zero-order valence-electron chi connectivity index (χ0n) is 50.1. The van der Waals surface area contributed by atoms with Crippen LogP contribution >= 0.6 is 0 Å². The van der Waals surface area contributed by atoms with Crippen LogP contribution in [0.1, 0.15) is 342 Å². The van der Waals surface area contributed by atoms with E-state index in [9.17, 15) is 14.4 Å². The van der Waals surface area contributed by atoms with Crippen molar-refractivity contribution in [2.75, 3.05) is 13.2 Å². The topological polar surface area (TPSA) is 78.9 Å². The second kappa shape index (κ2) is 63.6. The van der Waals surface area contributed by atoms with Crippen molar-refractivity contribution < 1.29 is 28.6 Å². The van der Waals surface area contributed by atoms with Gasteiger partial charge in [-0.05, 0) is 83.5 Å². The summed E-state index contributed by atoms with van der Waals surface area (Å²) in [6, 6.07) is 0. The van der Waals surface area contributed by atoms with E-state index in [1.54, 1.807) is 0 Å². The molecule has 0 saturated heterocycles. The van der Waals surface area contributed by atoms with Gasteiger partial charge >= 0.3 is 17.9 Å². The van der Waals surface area contributed by atoms with Gasteiger partial charge in [-0.1, -0.05) is 300 Å². The Bertz CT molecular complexity index is 1340. The monoisotopic (exact) mass is 1050 g/mol. The third-order valence-electron chi connectivity index (χ3n) is 14.5. The normalized spacial score (nSPS) is 12.4. The number of hydrogen-bond donors (Lipinski definition) is 0. The zero-order valence-corrected chi connectivity index (χ0v) is 50.1. The third-order valence-corrected chi connectivity index (χ3v) is 14.5. The maximum atomic E-state index is 12.9. The molecular weight excluding hydrogens is 925 g/mol. The van der Waals surface area contributed by atoms with Gasteiger partial charge in [0.2, 0.25) is 0 Å². The van der Waals surface area contributed by atoms with Crippen molar-refractivity contribution in [1.82, 2.24) is 0 Å². The molecule has 436 valence electrons. The van der Waals surface area contributed by atoms with Crippen molar-refractivity contribution in [3.05, 3.63) is 60.8 Å². The lowest BCUT2D eigenvalue weighted by molar-refractivity contribution is -0.167. The molecule has 0 heterocycles. The fraction of sp³-hybridized carbons (Fsp3) is 0.812. The van der Waals surface area contributed by atoms with Gasteiger partial charge in [0.25, 0.3) is 0 Å². The Labute approximate surface area is 466 Å². The highest BCUT2D eigenvalue weighted by atomic mass is 16.6. The number of ether oxygens (including phenoxy) is 3. The van der Waals surface area contributed by atoms with Crippen LogP contribution < -0.4 is 0 Å². The van der Waals surface area contributed by atoms with Gasteiger partial charge in [0.05, 0.1) is 0 Å². The van der Waals surface area contributed by atoms with Gasteiger partial charge in [-0.2, -0.15) is 0 Å². The van der Waals surface area contributed by atoms with Crippen molar-refractivity contribution in [2.24, 2.45) is 0 Å². The maximum absolute atomic E-state index is 12.9. The van der Waals surface area contributed by atoms with E-state index in [1.165, 1.54) is 205 Å². The average Bonchev–Trinajstić information content (AvgIpc) is 3.41. The molecule has 0 rings (SSSR count). The van der Waals surface area contributed by atoms with E-state index in [1.807, 2.05) is 0 Å². The maximum Gasteiger partial charge on any atom is 0.306 e. The first-order valence-electron chi connectivity index (χ1n) is 32.8. The molecule has 0 aliphatic heterocycles. The molecule has 0 saturated carbocycles. The SMILES string of the molecule is CC/C=C\C/C=C\C/C=C\C/C=C\CCCCCCCCC(=O)OC(COC(=O)CCCCCCCCCCC)COC(=O)CCCCCCCCCCCCCCCCCCC/C=C\CCCCCCCCCC. The minimum Gasteiger partial charge on any atom is -0.462 e. The molecular formula is C69H124O6. The summed E-state index contributed by atoms with van der Waals surface area (Å²) >= 11 is 0. The Hall–Kier alpha value is -2.89. The van der Waals surface area contributed by atoms with Gasteiger partial charge in [0, 0.05) is 19.3 Å². The molecule has 0 N–H and O–H groups in total. The Kier molecular flexibility index (Phi) is 61.2. The molecule has 0 aliphatic carbocycles. The van der Waals surface area contributed by atoms with Crippen LogP contribution in [0, 0.1) is 0 Å². The highest BCUT2D eigenvalue weighted by Crippen LogP contribution is 2.17. The van der Waals surface area contributed by atoms with Gasteiger partial charge < -0.3 is 14.2 Å². The molecule has 6 heteroatoms. The minimum absolute atomic E-state index is 0.0765. The fourth-order valence-corrected chi connectivity index (χ4v) is 9.61. The number of carbonyl (C=O) groups excluding carboxylic acids is 3. The Morgan fingerprint density at radius 3 is 0.827 bits per heavy atom. The largest absolute Gasteiger partial charge is 0.462 e. The molecule has 0 aromatic carbocycles. The van der Waals surface area contributed by atoms with E-state index in [2.05, 4.69) is 81.5 Å². The van der Waals surface area contributed by atoms with Crippen LogP contribution in [0.15, 0.2) is 60.8 Å². The number of unbranched alkanes of at least 4 members (excludes halogenated alkanes) is 39. The lowest BCUT2D eigenvalue weighted by atomic mass is 10.0. The number of esters is 3. The average molecular weight is 1050 g/mol. The summed E-state index contributed by atoms with van der Waals surface area (Å²) in [4.78, 5) is 38.2. The summed E-state index contributed by atoms with van der Waals surface area (Å²) in [6.07, 6.45) is 81.1. The molecule has 1 atom stereocenters. The summed E-state index contributed by atoms with van der Waals surface area (Å²) in [7, 11) is 0. The highest BCUT2D eigenvalue weighted by Gasteiger charge is 2.19. The van der Waals surface area contributed by atoms with Gasteiger partial charge in [-0.3, -0.25) is 14.4 Å². The van der Waals surface area contributed by atoms with Gasteiger partial charge in [-0.15, -0.1) is 0 Å². The second-order valence-corrected chi connectivity index (χ2v) is 22.0. The molecule has 0 amide bonds. The third kappa shape index (κ3) is 61.8. The van der Waals surface area contributed by atoms with Crippen LogP contribution in [-0.2, 0) is 28.6 Å². The van der Waals surface area contributed by atoms with Crippen molar-refractivity contribution in [2.45, 2.75) is 348 Å². The molecule has 0 bridgehead atoms. The van der Waals surface area contributed by atoms with Gasteiger partial charge in [-0.25, -0.2) is 0 Å². The molecule has 0 spiro atoms. The van der Waals surface area contributed by atoms with Crippen molar-refractivity contribution >= 4 is 17.9 Å². The minimum atomic E-state index is -0.779. The predicted molar refractivity (Wildman–Crippen MR) is 325 cm³/mol. The van der Waals surface area contributed by atoms with E-state index in [0.717, 1.165) is 96.3 Å². The van der Waals surface area contributed by atoms with Crippen LogP contribution in [0.2, 0.25) is 0 Å². The number of hydrogen-bond acceptors (Lipinski definition) is 6. The molecule has 0 radical (unpaired) electrons. The number of rotatable bonds is 60. The molecule has 0 aromatic heterocycles. The van der Waals surface area contributed by atoms with Crippen LogP contribution in [0.5, 0.6) is 0 Å². The Morgan fingerprint density at radius 1 is 0.280 bits per heavy atom. The zero-order chi connectivity index (χ0) is 54.3. The summed E-state index contributed by atoms with van der Waals surface area (Å²) < 4.78 is 16.9. The first kappa shape index (κ1) is 72.1. The Morgan fingerprint density at radius 2 is 0.520 bits per heavy atom. The van der Waals surface area contributed by atoms with E-state index in [-0.39, 0.29) is 31.1 Å². The number of carbonyl (C=O) groups is 3. The first-order chi connectivity index (χ1) is 37.0. The van der Waals surface area contributed by atoms with Crippen LogP contribution in [0.4, 0.5) is 0 Å². The van der Waals surface area contributed by atoms with Crippen molar-refractivity contribution in [1.29, 1.82) is 0 Å². The van der Waals surface area contributed by atoms with Crippen molar-refractivity contribution in [3.63, 3.8) is 0 Å². The van der Waals surface area contributed by atoms with E-state index >= 15 is 0 Å². The van der Waals surface area contributed by atoms with Gasteiger partial charge in [0.1, 0.15) is 13.2 Å². The predicted octanol–water partition coefficient (Wildman–Crippen LogP) is 22.3. The second-order valence-electron chi connectivity index (χ2n) is 22.0. The smallest absolute Gasteiger partial charge is 0.306 e. The molecule has 0 aliphatic rings. The quantitative estimate of drug-likeness (QED) is 0.0261. The lowest BCUT2D eigenvalue weighted by Crippen LogP contribution is -2.30. The molecule has 75 heavy (non-hydrogen) atoms. The number of allylic oxidation sites excluding steroid dienone is 10. The molecule has 0 aromatic rings.